The van der Waals surface area contributed by atoms with Gasteiger partial charge in [-0.05, 0) is 150 Å². The summed E-state index contributed by atoms with van der Waals surface area (Å²) in [4.78, 5) is 15.9. The molecule has 110 heavy (non-hydrogen) atoms. The van der Waals surface area contributed by atoms with E-state index >= 15 is 0 Å². The Labute approximate surface area is 630 Å². The Bertz CT molecular complexity index is 6450. The van der Waals surface area contributed by atoms with Gasteiger partial charge < -0.3 is 76.6 Å². The monoisotopic (exact) mass is 1770 g/mol. The maximum absolute atomic E-state index is 13.3. The quantitative estimate of drug-likeness (QED) is 0.0129. The number of phenols is 2. The van der Waals surface area contributed by atoms with E-state index in [1.165, 1.54) is 12.1 Å². The lowest BCUT2D eigenvalue weighted by Crippen LogP contribution is -2.15. The first-order valence-corrected chi connectivity index (χ1v) is 43.6. The second-order valence-corrected chi connectivity index (χ2v) is 37.2. The lowest BCUT2D eigenvalue weighted by atomic mass is 10.1. The number of phenolic OH excluding ortho intramolecular Hbond substituents is 2. The zero-order chi connectivity index (χ0) is 81.4. The molecule has 58 heteroatoms. The maximum Gasteiger partial charge on any atom is 0.447 e. The summed E-state index contributed by atoms with van der Waals surface area (Å²) < 4.78 is 326. The Kier molecular flexibility index (Phi) is 22.8. The Morgan fingerprint density at radius 1 is 0.409 bits per heavy atom. The van der Waals surface area contributed by atoms with Crippen molar-refractivity contribution in [3.63, 3.8) is 0 Å². The first-order chi connectivity index (χ1) is 50.5. The molecular formula is C52H44Cl2N14O32S10. The van der Waals surface area contributed by atoms with E-state index in [2.05, 4.69) is 86.6 Å². The molecule has 0 saturated carbocycles. The third-order valence-corrected chi connectivity index (χ3v) is 24.1. The van der Waals surface area contributed by atoms with Crippen LogP contribution < -0.4 is 21.3 Å². The van der Waals surface area contributed by atoms with Crippen LogP contribution in [0, 0.1) is 0 Å². The summed E-state index contributed by atoms with van der Waals surface area (Å²) in [7, 11) is -51.1. The number of anilines is 8. The number of nitrogens with one attached hydrogen (secondary N) is 4. The number of benzene rings is 8. The molecule has 0 bridgehead atoms. The summed E-state index contributed by atoms with van der Waals surface area (Å²) in [5.41, 5.74) is -5.33. The first-order valence-electron chi connectivity index (χ1n) is 28.2. The second kappa shape index (κ2) is 30.1. The van der Waals surface area contributed by atoms with Gasteiger partial charge in [0.15, 0.2) is 21.3 Å². The van der Waals surface area contributed by atoms with Crippen molar-refractivity contribution in [3.05, 3.63) is 131 Å². The number of aromatic nitrogens is 6. The number of nitrogens with zero attached hydrogens (tertiary/aromatic N) is 10. The van der Waals surface area contributed by atoms with E-state index in [0.717, 1.165) is 42.5 Å². The lowest BCUT2D eigenvalue weighted by molar-refractivity contribution is 0.283. The van der Waals surface area contributed by atoms with Crippen molar-refractivity contribution in [2.45, 2.75) is 39.2 Å². The van der Waals surface area contributed by atoms with E-state index < -0.39 is 267 Å². The summed E-state index contributed by atoms with van der Waals surface area (Å²) in [6, 6.07) is 14.7. The molecule has 0 radical (unpaired) electrons. The summed E-state index contributed by atoms with van der Waals surface area (Å²) in [5.74, 6) is -5.68. The Hall–Kier alpha value is -9.22. The molecule has 0 fully saturated rings. The minimum Gasteiger partial charge on any atom is -0.505 e. The van der Waals surface area contributed by atoms with Crippen molar-refractivity contribution >= 4 is 228 Å². The van der Waals surface area contributed by atoms with Crippen LogP contribution in [0.2, 0.25) is 10.6 Å². The minimum absolute atomic E-state index is 0.0185. The number of rotatable bonds is 27. The van der Waals surface area contributed by atoms with E-state index in [9.17, 15) is 124 Å². The third-order valence-electron chi connectivity index (χ3n) is 14.2. The van der Waals surface area contributed by atoms with Crippen LogP contribution in [0.1, 0.15) is 0 Å². The topological polar surface area (TPSA) is 756 Å². The van der Waals surface area contributed by atoms with Crippen LogP contribution in [0.4, 0.5) is 69.3 Å². The normalized spacial score (nSPS) is 13.6. The molecular weight excluding hydrogens is 1720 g/mol. The predicted octanol–water partition coefficient (Wildman–Crippen LogP) is 11.2. The molecule has 0 spiro atoms. The molecule has 10 aromatic rings. The van der Waals surface area contributed by atoms with E-state index in [-0.39, 0.29) is 16.3 Å². The smallest absolute Gasteiger partial charge is 0.447 e. The molecule has 2 aromatic heterocycles. The van der Waals surface area contributed by atoms with Gasteiger partial charge in [-0.25, -0.2) is 21.0 Å². The highest BCUT2D eigenvalue weighted by molar-refractivity contribution is 8.20. The molecule has 20 N–H and O–H groups in total. The van der Waals surface area contributed by atoms with Crippen molar-refractivity contribution in [2.75, 3.05) is 33.6 Å². The van der Waals surface area contributed by atoms with Gasteiger partial charge in [0, 0.05) is 32.9 Å². The standard InChI is InChI=1S/C52H44Cl2N14O32S10/c1-22(100-110(96,97)98)102(73,74)30-8-4-26(5-9-30)56-50-60-48(54)62-52(64-50)58-36-21-32(104(78,79)80)13-24-15-40(108(90,91)92)44(46(70)42(24)36)68-66-28-17-34-33(38(19-28)106(84,85)86)16-27(18-37(34)105(81,82)83)65-67-43-39(107(87,88)89)14-23-12-31(103(75,76)77)20-35(41(23)45(43)69)57-51-61-47(53)59-49(63-51)55-25-2-6-29(7-3-25)101(71,72)11-10-99-109(93,94)95/h2-9,12-21,69-70,78-80,84-89H,1,10-11H2,(H,75,76,77)(H,81,82,83)(H,90,91,92)(H,93,94,95)(H,96,97,98)(H2,55,57,59,61,63)(H2,56,58,60,62,64). The van der Waals surface area contributed by atoms with Crippen molar-refractivity contribution in [1.82, 2.24) is 29.9 Å². The second-order valence-electron chi connectivity index (χ2n) is 21.7. The maximum atomic E-state index is 13.3. The Balaban J connectivity index is 1.03. The number of hydrogen-bond donors (Lipinski definition) is 20. The SMILES string of the molecule is C=C(OS(=O)(=O)O)S(=O)(=O)c1ccc(Nc2nc(Cl)nc(Nc3cc(S(O)(O)O)cc4cc(S(=O)(=O)O)c(N=Nc5cc(S(O)(O)O)c6cc(N=Nc7c(S(O)(O)O)cc8cc(S(=O)(=O)O)cc(Nc9nc(Cl)nc(Nc%10ccc(S(=O)(=O)CCOS(=O)(=O)O)cc%10)n9)c8c7O)cc(S(=O)(=O)O)c6c5)c(O)c34)n2)cc1. The average Bonchev–Trinajstić information content (AvgIpc) is 0.749. The number of aromatic hydroxyl groups is 2. The van der Waals surface area contributed by atoms with Crippen molar-refractivity contribution in [3.8, 4) is 11.5 Å². The van der Waals surface area contributed by atoms with E-state index in [1.807, 2.05) is 0 Å². The fourth-order valence-corrected chi connectivity index (χ4v) is 17.0. The van der Waals surface area contributed by atoms with Gasteiger partial charge in [-0.2, -0.15) is 82.2 Å². The first kappa shape index (κ1) is 83.3. The molecule has 0 aliphatic carbocycles. The van der Waals surface area contributed by atoms with Gasteiger partial charge in [0.2, 0.25) is 49.3 Å². The van der Waals surface area contributed by atoms with Gasteiger partial charge in [0.1, 0.15) is 53.8 Å². The molecule has 588 valence electrons. The van der Waals surface area contributed by atoms with Gasteiger partial charge in [-0.15, -0.1) is 10.2 Å². The highest BCUT2D eigenvalue weighted by Gasteiger charge is 2.33. The van der Waals surface area contributed by atoms with Crippen molar-refractivity contribution < 1.29 is 141 Å². The fraction of sp³-hybridized carbons (Fsp3) is 0.0385. The van der Waals surface area contributed by atoms with Crippen LogP contribution in [-0.4, -0.2) is 175 Å². The summed E-state index contributed by atoms with van der Waals surface area (Å²) in [5, 5.41) is 42.7. The summed E-state index contributed by atoms with van der Waals surface area (Å²) in [6.07, 6.45) is 0. The van der Waals surface area contributed by atoms with E-state index in [1.54, 1.807) is 0 Å². The largest absolute Gasteiger partial charge is 0.505 e. The zero-order valence-electron chi connectivity index (χ0n) is 53.0. The average molecular weight is 1770 g/mol. The molecule has 0 aliphatic rings. The van der Waals surface area contributed by atoms with Crippen LogP contribution in [0.5, 0.6) is 11.5 Å². The molecule has 0 amide bonds. The molecule has 0 atom stereocenters. The molecule has 10 rings (SSSR count). The third kappa shape index (κ3) is 19.6. The van der Waals surface area contributed by atoms with E-state index in [0.29, 0.717) is 54.6 Å². The Morgan fingerprint density at radius 3 is 1.23 bits per heavy atom. The number of hydrogen-bond acceptors (Lipinski definition) is 41. The van der Waals surface area contributed by atoms with Gasteiger partial charge in [-0.1, -0.05) is 0 Å². The van der Waals surface area contributed by atoms with Gasteiger partial charge >= 0.3 is 20.8 Å². The highest BCUT2D eigenvalue weighted by Crippen LogP contribution is 2.57. The van der Waals surface area contributed by atoms with Crippen LogP contribution in [-0.2, 0) is 79.2 Å². The molecule has 2 heterocycles. The fourth-order valence-electron chi connectivity index (χ4n) is 9.71. The molecule has 8 aromatic carbocycles. The number of azo groups is 2. The highest BCUT2D eigenvalue weighted by atomic mass is 35.5. The summed E-state index contributed by atoms with van der Waals surface area (Å²) >= 11 is 12.4. The van der Waals surface area contributed by atoms with Gasteiger partial charge in [0.05, 0.1) is 64.5 Å². The van der Waals surface area contributed by atoms with Crippen molar-refractivity contribution in [1.29, 1.82) is 0 Å². The molecule has 46 nitrogen and oxygen atoms in total. The zero-order valence-corrected chi connectivity index (χ0v) is 62.7. The molecule has 0 aliphatic heterocycles. The number of halogens is 2. The lowest BCUT2D eigenvalue weighted by Gasteiger charge is -2.23. The van der Waals surface area contributed by atoms with Crippen molar-refractivity contribution in [2.24, 2.45) is 20.5 Å². The van der Waals surface area contributed by atoms with E-state index in [4.69, 9.17) is 32.3 Å². The number of sulfone groups is 2. The number of fused-ring (bicyclic) bond motifs is 3. The Morgan fingerprint density at radius 2 is 0.809 bits per heavy atom. The summed E-state index contributed by atoms with van der Waals surface area (Å²) in [6.45, 7) is 2.04. The predicted molar refractivity (Wildman–Crippen MR) is 388 cm³/mol. The van der Waals surface area contributed by atoms with Gasteiger partial charge in [0.25, 0.3) is 30.4 Å². The van der Waals surface area contributed by atoms with Crippen LogP contribution in [0.3, 0.4) is 0 Å². The minimum atomic E-state index is -5.69. The molecule has 0 unspecified atom stereocenters. The van der Waals surface area contributed by atoms with Crippen LogP contribution in [0.15, 0.2) is 180 Å². The molecule has 0 saturated heterocycles. The van der Waals surface area contributed by atoms with Crippen LogP contribution >= 0.6 is 55.8 Å². The van der Waals surface area contributed by atoms with Crippen LogP contribution in [0.25, 0.3) is 32.3 Å². The van der Waals surface area contributed by atoms with Gasteiger partial charge in [-0.3, -0.25) is 22.8 Å².